The van der Waals surface area contributed by atoms with Gasteiger partial charge in [0, 0.05) is 64.6 Å². The van der Waals surface area contributed by atoms with Crippen molar-refractivity contribution < 1.29 is 13.5 Å². The second kappa shape index (κ2) is 9.83. The largest absolute Gasteiger partial charge is 0.381 e. The first-order valence-electron chi connectivity index (χ1n) is 10.9. The molecule has 8 nitrogen and oxygen atoms in total. The second-order valence-electron chi connectivity index (χ2n) is 8.25. The van der Waals surface area contributed by atoms with E-state index in [1.54, 1.807) is 12.4 Å². The first-order chi connectivity index (χ1) is 15.5. The fourth-order valence-electron chi connectivity index (χ4n) is 4.10. The molecule has 0 radical (unpaired) electrons. The SMILES string of the molecule is C=NN(/C=C(\C)c1cc2nccnc2c(NCC2CNCCC2(F)F)n1)C1CCOCC1. The summed E-state index contributed by atoms with van der Waals surface area (Å²) in [5, 5.41) is 12.2. The first kappa shape index (κ1) is 22.5. The molecule has 2 saturated heterocycles. The number of pyridine rings is 1. The molecule has 2 fully saturated rings. The van der Waals surface area contributed by atoms with Gasteiger partial charge in [-0.2, -0.15) is 5.10 Å². The lowest BCUT2D eigenvalue weighted by molar-refractivity contribution is -0.0728. The van der Waals surface area contributed by atoms with Crippen LogP contribution in [-0.2, 0) is 4.74 Å². The molecular weight excluding hydrogens is 416 g/mol. The molecule has 32 heavy (non-hydrogen) atoms. The third kappa shape index (κ3) is 5.02. The summed E-state index contributed by atoms with van der Waals surface area (Å²) >= 11 is 0. The lowest BCUT2D eigenvalue weighted by atomic mass is 9.95. The number of hydrogen-bond donors (Lipinski definition) is 2. The highest BCUT2D eigenvalue weighted by Crippen LogP contribution is 2.31. The van der Waals surface area contributed by atoms with Crippen molar-refractivity contribution in [2.24, 2.45) is 11.0 Å². The second-order valence-corrected chi connectivity index (χ2v) is 8.25. The van der Waals surface area contributed by atoms with Crippen LogP contribution in [0.2, 0.25) is 0 Å². The molecule has 0 aromatic carbocycles. The monoisotopic (exact) mass is 445 g/mol. The van der Waals surface area contributed by atoms with Crippen molar-refractivity contribution in [2.75, 3.05) is 38.2 Å². The van der Waals surface area contributed by atoms with Gasteiger partial charge in [0.1, 0.15) is 5.52 Å². The van der Waals surface area contributed by atoms with Crippen LogP contribution in [0.5, 0.6) is 0 Å². The molecule has 1 atom stereocenters. The minimum absolute atomic E-state index is 0.0906. The zero-order valence-corrected chi connectivity index (χ0v) is 18.2. The zero-order valence-electron chi connectivity index (χ0n) is 18.2. The highest BCUT2D eigenvalue weighted by molar-refractivity contribution is 5.87. The third-order valence-electron chi connectivity index (χ3n) is 6.05. The molecule has 172 valence electrons. The number of aromatic nitrogens is 3. The Kier molecular flexibility index (Phi) is 6.90. The maximum atomic E-state index is 14.3. The lowest BCUT2D eigenvalue weighted by Crippen LogP contribution is -2.47. The fraction of sp³-hybridized carbons (Fsp3) is 0.545. The van der Waals surface area contributed by atoms with Gasteiger partial charge in [0.15, 0.2) is 5.82 Å². The number of fused-ring (bicyclic) bond motifs is 1. The van der Waals surface area contributed by atoms with Crippen LogP contribution < -0.4 is 10.6 Å². The zero-order chi connectivity index (χ0) is 22.6. The van der Waals surface area contributed by atoms with E-state index in [1.165, 1.54) is 0 Å². The fourth-order valence-corrected chi connectivity index (χ4v) is 4.10. The summed E-state index contributed by atoms with van der Waals surface area (Å²) in [5.41, 5.74) is 2.74. The molecular formula is C22H29F2N7O. The highest BCUT2D eigenvalue weighted by Gasteiger charge is 2.41. The molecule has 2 N–H and O–H groups in total. The molecule has 2 aliphatic rings. The van der Waals surface area contributed by atoms with Crippen molar-refractivity contribution in [3.63, 3.8) is 0 Å². The Morgan fingerprint density at radius 2 is 2.16 bits per heavy atom. The van der Waals surface area contributed by atoms with E-state index in [2.05, 4.69) is 32.4 Å². The number of piperidine rings is 1. The number of hydrazone groups is 1. The van der Waals surface area contributed by atoms with Crippen molar-refractivity contribution in [1.82, 2.24) is 25.3 Å². The van der Waals surface area contributed by atoms with Crippen molar-refractivity contribution in [1.29, 1.82) is 0 Å². The Morgan fingerprint density at radius 1 is 1.38 bits per heavy atom. The van der Waals surface area contributed by atoms with Crippen LogP contribution in [0.1, 0.15) is 31.9 Å². The van der Waals surface area contributed by atoms with Gasteiger partial charge in [-0.25, -0.2) is 18.7 Å². The normalized spacial score (nSPS) is 22.0. The van der Waals surface area contributed by atoms with E-state index in [0.717, 1.165) is 18.4 Å². The number of anilines is 1. The molecule has 10 heteroatoms. The Hall–Kier alpha value is -2.72. The Labute approximate surface area is 186 Å². The van der Waals surface area contributed by atoms with E-state index in [-0.39, 0.29) is 25.6 Å². The van der Waals surface area contributed by atoms with E-state index in [4.69, 9.17) is 9.72 Å². The maximum Gasteiger partial charge on any atom is 0.255 e. The number of nitrogens with one attached hydrogen (secondary N) is 2. The standard InChI is InChI=1S/C22H29F2N7O/c1-15(14-31(25-2)17-3-9-32-10-4-17)18-11-19-20(28-8-7-27-19)21(30-18)29-13-16-12-26-6-5-22(16,23)24/h7-8,11,14,16-17,26H,2-6,9-10,12-13H2,1H3,(H,29,30)/b15-14+. The minimum atomic E-state index is -2.72. The van der Waals surface area contributed by atoms with E-state index < -0.39 is 11.8 Å². The number of alkyl halides is 2. The molecule has 2 aromatic heterocycles. The molecule has 4 rings (SSSR count). The van der Waals surface area contributed by atoms with Crippen LogP contribution in [0.15, 0.2) is 29.8 Å². The average molecular weight is 446 g/mol. The summed E-state index contributed by atoms with van der Waals surface area (Å²) in [7, 11) is 0. The van der Waals surface area contributed by atoms with Crippen LogP contribution in [-0.4, -0.2) is 71.5 Å². The van der Waals surface area contributed by atoms with Crippen molar-refractivity contribution >= 4 is 29.1 Å². The van der Waals surface area contributed by atoms with Crippen LogP contribution in [0.4, 0.5) is 14.6 Å². The smallest absolute Gasteiger partial charge is 0.255 e. The van der Waals surface area contributed by atoms with Crippen molar-refractivity contribution in [3.05, 3.63) is 30.4 Å². The van der Waals surface area contributed by atoms with Gasteiger partial charge in [0.2, 0.25) is 0 Å². The van der Waals surface area contributed by atoms with Crippen LogP contribution in [0, 0.1) is 5.92 Å². The van der Waals surface area contributed by atoms with Gasteiger partial charge < -0.3 is 15.4 Å². The Bertz CT molecular complexity index is 978. The lowest BCUT2D eigenvalue weighted by Gasteiger charge is -2.32. The Balaban J connectivity index is 1.60. The van der Waals surface area contributed by atoms with Crippen LogP contribution >= 0.6 is 0 Å². The van der Waals surface area contributed by atoms with Gasteiger partial charge in [-0.1, -0.05) is 0 Å². The first-order valence-corrected chi connectivity index (χ1v) is 10.9. The molecule has 0 aliphatic carbocycles. The summed E-state index contributed by atoms with van der Waals surface area (Å²) in [6.07, 6.45) is 6.67. The molecule has 4 heterocycles. The number of allylic oxidation sites excluding steroid dienone is 1. The summed E-state index contributed by atoms with van der Waals surface area (Å²) in [5.74, 6) is -3.09. The van der Waals surface area contributed by atoms with Crippen molar-refractivity contribution in [2.45, 2.75) is 38.2 Å². The number of rotatable bonds is 7. The van der Waals surface area contributed by atoms with Gasteiger partial charge in [0.05, 0.1) is 23.2 Å². The highest BCUT2D eigenvalue weighted by atomic mass is 19.3. The van der Waals surface area contributed by atoms with E-state index in [0.29, 0.717) is 42.3 Å². The average Bonchev–Trinajstić information content (AvgIpc) is 2.81. The molecule has 1 unspecified atom stereocenters. The van der Waals surface area contributed by atoms with Crippen LogP contribution in [0.3, 0.4) is 0 Å². The van der Waals surface area contributed by atoms with Crippen LogP contribution in [0.25, 0.3) is 16.6 Å². The summed E-state index contributed by atoms with van der Waals surface area (Å²) in [6.45, 7) is 7.71. The third-order valence-corrected chi connectivity index (χ3v) is 6.05. The van der Waals surface area contributed by atoms with E-state index in [9.17, 15) is 8.78 Å². The Morgan fingerprint density at radius 3 is 2.91 bits per heavy atom. The molecule has 2 aromatic rings. The maximum absolute atomic E-state index is 14.3. The van der Waals surface area contributed by atoms with Gasteiger partial charge in [-0.15, -0.1) is 0 Å². The van der Waals surface area contributed by atoms with Gasteiger partial charge in [-0.05, 0) is 31.4 Å². The number of ether oxygens (including phenoxy) is 1. The molecule has 0 bridgehead atoms. The van der Waals surface area contributed by atoms with Gasteiger partial charge in [-0.3, -0.25) is 9.99 Å². The number of halogens is 2. The summed E-state index contributed by atoms with van der Waals surface area (Å²) < 4.78 is 34.0. The van der Waals surface area contributed by atoms with Crippen molar-refractivity contribution in [3.8, 4) is 0 Å². The van der Waals surface area contributed by atoms with E-state index >= 15 is 0 Å². The predicted octanol–water partition coefficient (Wildman–Crippen LogP) is 3.14. The topological polar surface area (TPSA) is 87.6 Å². The van der Waals surface area contributed by atoms with Gasteiger partial charge in [0.25, 0.3) is 5.92 Å². The minimum Gasteiger partial charge on any atom is -0.381 e. The molecule has 0 saturated carbocycles. The molecule has 0 amide bonds. The van der Waals surface area contributed by atoms with Gasteiger partial charge >= 0.3 is 0 Å². The molecule has 2 aliphatic heterocycles. The number of nitrogens with zero attached hydrogens (tertiary/aromatic N) is 5. The quantitative estimate of drug-likeness (QED) is 0.500. The van der Waals surface area contributed by atoms with E-state index in [1.807, 2.05) is 24.2 Å². The summed E-state index contributed by atoms with van der Waals surface area (Å²) in [6, 6.07) is 2.07. The summed E-state index contributed by atoms with van der Waals surface area (Å²) in [4.78, 5) is 13.5. The molecule has 0 spiro atoms. The predicted molar refractivity (Wildman–Crippen MR) is 121 cm³/mol. The number of hydrogen-bond acceptors (Lipinski definition) is 8.